The normalized spacial score (nSPS) is 12.6. The van der Waals surface area contributed by atoms with E-state index < -0.39 is 0 Å². The number of nitrogens with one attached hydrogen (secondary N) is 1. The molecule has 7 heteroatoms. The molecule has 0 aliphatic heterocycles. The Balaban J connectivity index is 2.22. The lowest BCUT2D eigenvalue weighted by atomic mass is 10.1. The summed E-state index contributed by atoms with van der Waals surface area (Å²) in [5.74, 6) is -0.173. The maximum absolute atomic E-state index is 12.8. The monoisotopic (exact) mass is 292 g/mol. The molecule has 0 bridgehead atoms. The molecule has 102 valence electrons. The van der Waals surface area contributed by atoms with E-state index in [1.165, 1.54) is 18.3 Å². The van der Waals surface area contributed by atoms with Crippen molar-refractivity contribution in [2.75, 3.05) is 0 Å². The van der Waals surface area contributed by atoms with Crippen LogP contribution >= 0.6 is 11.6 Å². The molecule has 1 heterocycles. The molecular formula is C13H12ClFN5+. The van der Waals surface area contributed by atoms with Gasteiger partial charge in [0.1, 0.15) is 5.82 Å². The van der Waals surface area contributed by atoms with Crippen molar-refractivity contribution >= 4 is 23.1 Å². The summed E-state index contributed by atoms with van der Waals surface area (Å²) in [7, 11) is 0. The van der Waals surface area contributed by atoms with Gasteiger partial charge in [-0.15, -0.1) is 5.10 Å². The van der Waals surface area contributed by atoms with E-state index >= 15 is 0 Å². The number of hydrogen-bond donors (Lipinski definition) is 1. The Bertz CT molecular complexity index is 667. The van der Waals surface area contributed by atoms with Gasteiger partial charge in [0.2, 0.25) is 6.20 Å². The molecule has 20 heavy (non-hydrogen) atoms. The van der Waals surface area contributed by atoms with E-state index in [0.29, 0.717) is 11.4 Å². The first-order valence-corrected chi connectivity index (χ1v) is 6.12. The summed E-state index contributed by atoms with van der Waals surface area (Å²) in [6, 6.07) is 5.94. The first-order valence-electron chi connectivity index (χ1n) is 5.74. The second-order valence-electron chi connectivity index (χ2n) is 3.95. The minimum Gasteiger partial charge on any atom is -0.380 e. The van der Waals surface area contributed by atoms with Crippen LogP contribution < -0.4 is 10.7 Å². The van der Waals surface area contributed by atoms with Gasteiger partial charge in [-0.05, 0) is 24.6 Å². The highest BCUT2D eigenvalue weighted by Gasteiger charge is 2.05. The van der Waals surface area contributed by atoms with E-state index in [4.69, 9.17) is 17.3 Å². The van der Waals surface area contributed by atoms with Gasteiger partial charge in [0.25, 0.3) is 0 Å². The van der Waals surface area contributed by atoms with Crippen LogP contribution in [0.15, 0.2) is 46.9 Å². The van der Waals surface area contributed by atoms with Crippen LogP contribution in [0.25, 0.3) is 0 Å². The highest BCUT2D eigenvalue weighted by atomic mass is 35.5. The van der Waals surface area contributed by atoms with E-state index in [1.54, 1.807) is 25.3 Å². The number of hydrogen-bond acceptors (Lipinski definition) is 3. The van der Waals surface area contributed by atoms with Crippen LogP contribution in [0.5, 0.6) is 0 Å². The third kappa shape index (κ3) is 3.58. The van der Waals surface area contributed by atoms with Crippen LogP contribution in [0.1, 0.15) is 18.2 Å². The summed E-state index contributed by atoms with van der Waals surface area (Å²) in [6.45, 7) is 1.75. The number of amidine groups is 1. The summed E-state index contributed by atoms with van der Waals surface area (Å²) in [5.41, 5.74) is 7.52. The Morgan fingerprint density at radius 2 is 1.95 bits per heavy atom. The molecule has 5 nitrogen and oxygen atoms in total. The maximum atomic E-state index is 12.8. The van der Waals surface area contributed by atoms with Crippen LogP contribution in [0.3, 0.4) is 0 Å². The fraction of sp³-hybridized carbons (Fsp3) is 0.0769. The molecular weight excluding hydrogens is 281 g/mol. The predicted molar refractivity (Wildman–Crippen MR) is 75.1 cm³/mol. The predicted octanol–water partition coefficient (Wildman–Crippen LogP) is 1.82. The quantitative estimate of drug-likeness (QED) is 0.532. The first kappa shape index (κ1) is 14.1. The summed E-state index contributed by atoms with van der Waals surface area (Å²) in [5, 5.41) is 8.15. The Kier molecular flexibility index (Phi) is 4.37. The molecule has 0 aliphatic rings. The molecule has 0 saturated heterocycles. The van der Waals surface area contributed by atoms with Gasteiger partial charge >= 0.3 is 0 Å². The lowest BCUT2D eigenvalue weighted by Gasteiger charge is -1.99. The van der Waals surface area contributed by atoms with E-state index in [0.717, 1.165) is 5.56 Å². The third-order valence-electron chi connectivity index (χ3n) is 2.48. The van der Waals surface area contributed by atoms with Crippen molar-refractivity contribution in [2.45, 2.75) is 6.92 Å². The van der Waals surface area contributed by atoms with Crippen LogP contribution in [-0.2, 0) is 0 Å². The highest BCUT2D eigenvalue weighted by molar-refractivity contribution is 6.29. The lowest BCUT2D eigenvalue weighted by Crippen LogP contribution is -2.18. The van der Waals surface area contributed by atoms with Gasteiger partial charge in [-0.25, -0.2) is 14.4 Å². The first-order chi connectivity index (χ1) is 9.56. The van der Waals surface area contributed by atoms with Gasteiger partial charge in [0, 0.05) is 0 Å². The summed E-state index contributed by atoms with van der Waals surface area (Å²) in [6.07, 6.45) is 3.08. The van der Waals surface area contributed by atoms with E-state index in [1.807, 2.05) is 0 Å². The van der Waals surface area contributed by atoms with Gasteiger partial charge in [-0.1, -0.05) is 23.7 Å². The molecule has 0 saturated carbocycles. The smallest absolute Gasteiger partial charge is 0.204 e. The number of rotatable bonds is 3. The molecule has 3 N–H and O–H groups in total. The number of benzene rings is 1. The molecule has 2 rings (SSSR count). The molecule has 0 spiro atoms. The van der Waals surface area contributed by atoms with Gasteiger partial charge in [-0.3, -0.25) is 0 Å². The molecule has 0 amide bonds. The standard InChI is InChI=1S/C13H11ClFN5/c1-8(9-2-4-10(15)5-3-9)19-20-13(16)11-6-17-7-12(14)18-11/h2-7H,1H3,(H2,16,20)/p+1/b19-8-. The molecule has 1 aromatic heterocycles. The molecule has 2 aromatic rings. The topological polar surface area (TPSA) is 77.8 Å². The van der Waals surface area contributed by atoms with Crippen LogP contribution in [0.4, 0.5) is 4.39 Å². The second-order valence-corrected chi connectivity index (χ2v) is 4.34. The van der Waals surface area contributed by atoms with Gasteiger partial charge in [-0.2, -0.15) is 5.10 Å². The summed E-state index contributed by atoms with van der Waals surface area (Å²) in [4.78, 5) is 6.79. The molecule has 0 radical (unpaired) electrons. The average molecular weight is 293 g/mol. The largest absolute Gasteiger partial charge is 0.380 e. The van der Waals surface area contributed by atoms with Crippen LogP contribution in [0.2, 0.25) is 5.15 Å². The molecule has 0 aliphatic carbocycles. The zero-order valence-corrected chi connectivity index (χ0v) is 11.4. The minimum absolute atomic E-state index is 0.130. The SMILES string of the molecule is C/C(=N/N=C(N)c1c[nH+]cc(Cl)n1)c1ccc(F)cc1. The minimum atomic E-state index is -0.303. The Morgan fingerprint density at radius 1 is 1.25 bits per heavy atom. The van der Waals surface area contributed by atoms with Gasteiger partial charge < -0.3 is 5.73 Å². The van der Waals surface area contributed by atoms with Crippen molar-refractivity contribution in [1.29, 1.82) is 0 Å². The number of nitrogens with zero attached hydrogens (tertiary/aromatic N) is 3. The van der Waals surface area contributed by atoms with Crippen LogP contribution in [-0.4, -0.2) is 16.5 Å². The molecule has 1 aromatic carbocycles. The number of aromatic amines is 1. The van der Waals surface area contributed by atoms with Crippen molar-refractivity contribution in [2.24, 2.45) is 15.9 Å². The Morgan fingerprint density at radius 3 is 2.60 bits per heavy atom. The number of halogens is 2. The highest BCUT2D eigenvalue weighted by Crippen LogP contribution is 2.05. The maximum Gasteiger partial charge on any atom is 0.204 e. The van der Waals surface area contributed by atoms with Crippen molar-refractivity contribution < 1.29 is 9.37 Å². The number of H-pyrrole nitrogens is 1. The van der Waals surface area contributed by atoms with Crippen LogP contribution in [0, 0.1) is 5.82 Å². The third-order valence-corrected chi connectivity index (χ3v) is 2.68. The van der Waals surface area contributed by atoms with Gasteiger partial charge in [0.15, 0.2) is 22.9 Å². The summed E-state index contributed by atoms with van der Waals surface area (Å²) >= 11 is 5.74. The molecule has 0 unspecified atom stereocenters. The number of nitrogens with two attached hydrogens (primary N) is 1. The fourth-order valence-electron chi connectivity index (χ4n) is 1.43. The number of aromatic nitrogens is 2. The lowest BCUT2D eigenvalue weighted by molar-refractivity contribution is -0.378. The van der Waals surface area contributed by atoms with Crippen molar-refractivity contribution in [1.82, 2.24) is 4.98 Å². The average Bonchev–Trinajstić information content (AvgIpc) is 2.45. The Labute approximate surface area is 120 Å². The van der Waals surface area contributed by atoms with E-state index in [2.05, 4.69) is 20.2 Å². The van der Waals surface area contributed by atoms with Gasteiger partial charge in [0.05, 0.1) is 5.71 Å². The van der Waals surface area contributed by atoms with Crippen molar-refractivity contribution in [3.05, 3.63) is 58.9 Å². The second kappa shape index (κ2) is 6.21. The van der Waals surface area contributed by atoms with E-state index in [-0.39, 0.29) is 16.8 Å². The Hall–Kier alpha value is -2.34. The fourth-order valence-corrected chi connectivity index (χ4v) is 1.58. The van der Waals surface area contributed by atoms with Crippen molar-refractivity contribution in [3.63, 3.8) is 0 Å². The zero-order valence-electron chi connectivity index (χ0n) is 10.6. The molecule has 0 atom stereocenters. The molecule has 0 fully saturated rings. The van der Waals surface area contributed by atoms with Crippen molar-refractivity contribution in [3.8, 4) is 0 Å². The summed E-state index contributed by atoms with van der Waals surface area (Å²) < 4.78 is 12.8. The zero-order chi connectivity index (χ0) is 14.5. The van der Waals surface area contributed by atoms with E-state index in [9.17, 15) is 4.39 Å².